The number of hydrogen-bond acceptors (Lipinski definition) is 1. The van der Waals surface area contributed by atoms with Crippen LogP contribution in [0.25, 0.3) is 86.9 Å². The maximum absolute atomic E-state index is 14.2. The third-order valence-electron chi connectivity index (χ3n) is 12.0. The molecule has 0 saturated heterocycles. The average Bonchev–Trinajstić information content (AvgIpc) is 3.22. The SMILES string of the molecule is CC1(C)c2cc(-c3ccc4c5ccccc5c5ccccc5c4c3)ccc2C(=O)c2ccc(-c3ccc4c5ccccc5c5ccccc5c4c3)cc21. The van der Waals surface area contributed by atoms with Gasteiger partial charge in [0.25, 0.3) is 0 Å². The van der Waals surface area contributed by atoms with Crippen LogP contribution >= 0.6 is 0 Å². The van der Waals surface area contributed by atoms with Crippen LogP contribution in [0.4, 0.5) is 0 Å². The topological polar surface area (TPSA) is 17.1 Å². The van der Waals surface area contributed by atoms with Crippen molar-refractivity contribution in [3.05, 3.63) is 192 Å². The predicted molar refractivity (Wildman–Crippen MR) is 224 cm³/mol. The lowest BCUT2D eigenvalue weighted by molar-refractivity contribution is 0.103. The summed E-state index contributed by atoms with van der Waals surface area (Å²) in [7, 11) is 0. The van der Waals surface area contributed by atoms with Gasteiger partial charge in [0.1, 0.15) is 0 Å². The van der Waals surface area contributed by atoms with Gasteiger partial charge in [-0.15, -0.1) is 0 Å². The van der Waals surface area contributed by atoms with E-state index in [-0.39, 0.29) is 11.2 Å². The number of rotatable bonds is 2. The van der Waals surface area contributed by atoms with Gasteiger partial charge in [-0.25, -0.2) is 0 Å². The van der Waals surface area contributed by atoms with Crippen molar-refractivity contribution >= 4 is 70.4 Å². The largest absolute Gasteiger partial charge is 0.289 e. The van der Waals surface area contributed by atoms with Crippen LogP contribution in [-0.2, 0) is 5.41 Å². The fraction of sp³-hybridized carbons (Fsp3) is 0.0577. The highest BCUT2D eigenvalue weighted by Crippen LogP contribution is 2.45. The monoisotopic (exact) mass is 674 g/mol. The Morgan fingerprint density at radius 3 is 0.906 bits per heavy atom. The zero-order valence-electron chi connectivity index (χ0n) is 29.6. The van der Waals surface area contributed by atoms with E-state index in [1.807, 2.05) is 12.1 Å². The van der Waals surface area contributed by atoms with Gasteiger partial charge in [0, 0.05) is 16.5 Å². The molecule has 1 heteroatoms. The van der Waals surface area contributed by atoms with Crippen molar-refractivity contribution in [3.8, 4) is 22.3 Å². The standard InChI is InChI=1S/C52H34O/c1-52(2)49-29-33(31-19-23-43-39-15-5-3-11-35(39)37-13-7-9-17-41(37)47(43)27-31)21-25-45(49)51(53)46-26-22-34(30-50(46)52)32-20-24-44-40-16-6-4-12-36(40)38-14-8-10-18-42(38)48(44)28-32/h3-30H,1-2H3. The molecular formula is C52H34O. The lowest BCUT2D eigenvalue weighted by atomic mass is 9.67. The van der Waals surface area contributed by atoms with Crippen molar-refractivity contribution in [1.29, 1.82) is 0 Å². The molecule has 0 bridgehead atoms. The van der Waals surface area contributed by atoms with E-state index in [0.717, 1.165) is 44.5 Å². The normalized spacial score (nSPS) is 13.7. The Hall–Kier alpha value is -6.57. The first-order valence-corrected chi connectivity index (χ1v) is 18.5. The Balaban J connectivity index is 1.05. The van der Waals surface area contributed by atoms with Crippen molar-refractivity contribution in [3.63, 3.8) is 0 Å². The molecular weight excluding hydrogens is 641 g/mol. The molecule has 0 amide bonds. The highest BCUT2D eigenvalue weighted by atomic mass is 16.1. The minimum absolute atomic E-state index is 0.0966. The molecule has 1 nitrogen and oxygen atoms in total. The zero-order chi connectivity index (χ0) is 35.4. The summed E-state index contributed by atoms with van der Waals surface area (Å²) in [4.78, 5) is 14.2. The quantitative estimate of drug-likeness (QED) is 0.167. The molecule has 53 heavy (non-hydrogen) atoms. The Morgan fingerprint density at radius 1 is 0.302 bits per heavy atom. The molecule has 1 aliphatic rings. The minimum atomic E-state index is -0.385. The van der Waals surface area contributed by atoms with Crippen molar-refractivity contribution in [1.82, 2.24) is 0 Å². The summed E-state index contributed by atoms with van der Waals surface area (Å²) >= 11 is 0. The molecule has 11 rings (SSSR count). The number of benzene rings is 10. The van der Waals surface area contributed by atoms with E-state index in [1.54, 1.807) is 0 Å². The third kappa shape index (κ3) is 4.28. The first kappa shape index (κ1) is 30.1. The maximum atomic E-state index is 14.2. The zero-order valence-corrected chi connectivity index (χ0v) is 29.6. The van der Waals surface area contributed by atoms with Crippen molar-refractivity contribution in [2.75, 3.05) is 0 Å². The van der Waals surface area contributed by atoms with Gasteiger partial charge in [0.05, 0.1) is 0 Å². The van der Waals surface area contributed by atoms with Crippen LogP contribution in [0.15, 0.2) is 170 Å². The van der Waals surface area contributed by atoms with Crippen molar-refractivity contribution < 1.29 is 4.79 Å². The van der Waals surface area contributed by atoms with E-state index in [2.05, 4.69) is 172 Å². The Labute approximate surface area is 307 Å². The van der Waals surface area contributed by atoms with Gasteiger partial charge >= 0.3 is 0 Å². The van der Waals surface area contributed by atoms with Gasteiger partial charge in [-0.05, 0) is 122 Å². The van der Waals surface area contributed by atoms with E-state index in [1.165, 1.54) is 64.6 Å². The molecule has 0 atom stereocenters. The molecule has 0 radical (unpaired) electrons. The Kier molecular flexibility index (Phi) is 6.23. The third-order valence-corrected chi connectivity index (χ3v) is 12.0. The van der Waals surface area contributed by atoms with Crippen LogP contribution in [0.5, 0.6) is 0 Å². The highest BCUT2D eigenvalue weighted by molar-refractivity contribution is 6.27. The van der Waals surface area contributed by atoms with Crippen LogP contribution in [0, 0.1) is 0 Å². The summed E-state index contributed by atoms with van der Waals surface area (Å²) in [5.74, 6) is 0.0966. The van der Waals surface area contributed by atoms with Crippen LogP contribution in [0.2, 0.25) is 0 Å². The van der Waals surface area contributed by atoms with Gasteiger partial charge in [-0.2, -0.15) is 0 Å². The predicted octanol–water partition coefficient (Wildman–Crippen LogP) is 13.8. The second-order valence-electron chi connectivity index (χ2n) is 15.2. The average molecular weight is 675 g/mol. The molecule has 0 heterocycles. The second-order valence-corrected chi connectivity index (χ2v) is 15.2. The summed E-state index contributed by atoms with van der Waals surface area (Å²) in [6.45, 7) is 4.54. The van der Waals surface area contributed by atoms with Crippen molar-refractivity contribution in [2.24, 2.45) is 0 Å². The van der Waals surface area contributed by atoms with E-state index in [9.17, 15) is 4.79 Å². The fourth-order valence-corrected chi connectivity index (χ4v) is 9.34. The molecule has 1 aliphatic carbocycles. The van der Waals surface area contributed by atoms with Crippen LogP contribution in [0.1, 0.15) is 40.9 Å². The van der Waals surface area contributed by atoms with E-state index in [0.29, 0.717) is 0 Å². The minimum Gasteiger partial charge on any atom is -0.289 e. The van der Waals surface area contributed by atoms with Gasteiger partial charge in [-0.3, -0.25) is 4.79 Å². The molecule has 0 saturated carbocycles. The van der Waals surface area contributed by atoms with Crippen molar-refractivity contribution in [2.45, 2.75) is 19.3 Å². The van der Waals surface area contributed by atoms with Gasteiger partial charge in [0.2, 0.25) is 0 Å². The highest BCUT2D eigenvalue weighted by Gasteiger charge is 2.37. The summed E-state index contributed by atoms with van der Waals surface area (Å²) in [6.07, 6.45) is 0. The number of carbonyl (C=O) groups excluding carboxylic acids is 1. The molecule has 0 fully saturated rings. The van der Waals surface area contributed by atoms with Gasteiger partial charge in [0.15, 0.2) is 5.78 Å². The molecule has 0 N–H and O–H groups in total. The van der Waals surface area contributed by atoms with E-state index < -0.39 is 0 Å². The lowest BCUT2D eigenvalue weighted by Crippen LogP contribution is -2.30. The summed E-state index contributed by atoms with van der Waals surface area (Å²) in [5.41, 5.74) is 7.89. The number of fused-ring (bicyclic) bond motifs is 14. The maximum Gasteiger partial charge on any atom is 0.193 e. The summed E-state index contributed by atoms with van der Waals surface area (Å²) in [6, 6.07) is 61.4. The molecule has 0 spiro atoms. The number of carbonyl (C=O) groups is 1. The van der Waals surface area contributed by atoms with Crippen LogP contribution in [0.3, 0.4) is 0 Å². The molecule has 0 aromatic heterocycles. The van der Waals surface area contributed by atoms with Gasteiger partial charge < -0.3 is 0 Å². The fourth-order valence-electron chi connectivity index (χ4n) is 9.34. The molecule has 10 aromatic rings. The molecule has 0 unspecified atom stereocenters. The van der Waals surface area contributed by atoms with E-state index >= 15 is 0 Å². The Morgan fingerprint density at radius 2 is 0.566 bits per heavy atom. The van der Waals surface area contributed by atoms with Gasteiger partial charge in [-0.1, -0.05) is 159 Å². The number of ketones is 1. The first-order chi connectivity index (χ1) is 26.0. The second kappa shape index (κ2) is 11.0. The molecule has 10 aromatic carbocycles. The Bertz CT molecular complexity index is 2930. The number of hydrogen-bond donors (Lipinski definition) is 0. The summed E-state index contributed by atoms with van der Waals surface area (Å²) < 4.78 is 0. The van der Waals surface area contributed by atoms with E-state index in [4.69, 9.17) is 0 Å². The molecule has 0 aliphatic heterocycles. The first-order valence-electron chi connectivity index (χ1n) is 18.5. The molecule has 248 valence electrons. The van der Waals surface area contributed by atoms with Crippen LogP contribution < -0.4 is 0 Å². The smallest absolute Gasteiger partial charge is 0.193 e. The lowest BCUT2D eigenvalue weighted by Gasteiger charge is -2.35. The summed E-state index contributed by atoms with van der Waals surface area (Å²) in [5, 5.41) is 15.2. The van der Waals surface area contributed by atoms with Crippen LogP contribution in [-0.4, -0.2) is 5.78 Å².